The highest BCUT2D eigenvalue weighted by Crippen LogP contribution is 2.61. The number of hydrogen-bond donors (Lipinski definition) is 2. The first kappa shape index (κ1) is 18.1. The number of benzene rings is 1. The number of methoxy groups -OCH3 is 1. The molecule has 0 radical (unpaired) electrons. The van der Waals surface area contributed by atoms with E-state index in [0.717, 1.165) is 23.3 Å². The first-order valence-corrected chi connectivity index (χ1v) is 9.95. The standard InChI is InChI=1S/C22H28N2O3/c1-27-19-5-3-2-4-18(19)6-7-20(25)23-24-21(26)14-22-11-15-8-16(12-22)10-17(9-15)13-22/h2-7,15-17H,8-14H2,1H3,(H,23,25)(H,24,26). The average Bonchev–Trinajstić information content (AvgIpc) is 2.63. The van der Waals surface area contributed by atoms with Crippen LogP contribution in [-0.2, 0) is 9.59 Å². The average molecular weight is 368 g/mol. The lowest BCUT2D eigenvalue weighted by molar-refractivity contribution is -0.133. The van der Waals surface area contributed by atoms with Crippen LogP contribution in [-0.4, -0.2) is 18.9 Å². The third-order valence-corrected chi connectivity index (χ3v) is 6.58. The van der Waals surface area contributed by atoms with Crippen LogP contribution >= 0.6 is 0 Å². The first-order chi connectivity index (χ1) is 13.0. The Balaban J connectivity index is 1.28. The van der Waals surface area contributed by atoms with Gasteiger partial charge in [-0.3, -0.25) is 20.4 Å². The number of ether oxygens (including phenoxy) is 1. The van der Waals surface area contributed by atoms with Crippen LogP contribution in [0.4, 0.5) is 0 Å². The first-order valence-electron chi connectivity index (χ1n) is 9.95. The van der Waals surface area contributed by atoms with Crippen molar-refractivity contribution in [2.45, 2.75) is 44.9 Å². The summed E-state index contributed by atoms with van der Waals surface area (Å²) in [5.74, 6) is 2.75. The molecule has 5 rings (SSSR count). The lowest BCUT2D eigenvalue weighted by Crippen LogP contribution is -2.49. The monoisotopic (exact) mass is 368 g/mol. The molecule has 5 heteroatoms. The molecule has 4 saturated carbocycles. The maximum Gasteiger partial charge on any atom is 0.262 e. The third-order valence-electron chi connectivity index (χ3n) is 6.58. The van der Waals surface area contributed by atoms with Crippen molar-refractivity contribution in [2.24, 2.45) is 23.2 Å². The zero-order chi connectivity index (χ0) is 18.9. The minimum absolute atomic E-state index is 0.0732. The van der Waals surface area contributed by atoms with Gasteiger partial charge < -0.3 is 4.74 Å². The number of carbonyl (C=O) groups is 2. The lowest BCUT2D eigenvalue weighted by Gasteiger charge is -2.56. The van der Waals surface area contributed by atoms with E-state index in [9.17, 15) is 9.59 Å². The molecule has 2 amide bonds. The van der Waals surface area contributed by atoms with Crippen LogP contribution in [0, 0.1) is 23.2 Å². The van der Waals surface area contributed by atoms with Crippen molar-refractivity contribution in [3.63, 3.8) is 0 Å². The summed E-state index contributed by atoms with van der Waals surface area (Å²) in [6, 6.07) is 7.47. The van der Waals surface area contributed by atoms with Gasteiger partial charge in [-0.2, -0.15) is 0 Å². The highest BCUT2D eigenvalue weighted by Gasteiger charge is 2.51. The summed E-state index contributed by atoms with van der Waals surface area (Å²) in [6.45, 7) is 0. The molecular weight excluding hydrogens is 340 g/mol. The van der Waals surface area contributed by atoms with Crippen molar-refractivity contribution in [3.8, 4) is 5.75 Å². The maximum absolute atomic E-state index is 12.4. The fourth-order valence-electron chi connectivity index (χ4n) is 6.03. The van der Waals surface area contributed by atoms with Crippen molar-refractivity contribution in [3.05, 3.63) is 35.9 Å². The molecule has 1 aromatic carbocycles. The second kappa shape index (κ2) is 7.37. The van der Waals surface area contributed by atoms with Gasteiger partial charge in [0.05, 0.1) is 7.11 Å². The highest BCUT2D eigenvalue weighted by molar-refractivity contribution is 5.93. The van der Waals surface area contributed by atoms with E-state index in [1.54, 1.807) is 13.2 Å². The van der Waals surface area contributed by atoms with E-state index in [4.69, 9.17) is 4.74 Å². The zero-order valence-corrected chi connectivity index (χ0v) is 15.9. The summed E-state index contributed by atoms with van der Waals surface area (Å²) < 4.78 is 5.26. The molecule has 0 atom stereocenters. The van der Waals surface area contributed by atoms with E-state index in [2.05, 4.69) is 10.9 Å². The van der Waals surface area contributed by atoms with Crippen molar-refractivity contribution in [2.75, 3.05) is 7.11 Å². The molecule has 0 aromatic heterocycles. The van der Waals surface area contributed by atoms with E-state index in [-0.39, 0.29) is 17.2 Å². The fourth-order valence-corrected chi connectivity index (χ4v) is 6.03. The maximum atomic E-state index is 12.4. The Kier molecular flexibility index (Phi) is 4.94. The number of hydrogen-bond acceptors (Lipinski definition) is 3. The molecule has 144 valence electrons. The minimum atomic E-state index is -0.347. The molecule has 0 heterocycles. The van der Waals surface area contributed by atoms with Crippen LogP contribution in [0.1, 0.15) is 50.5 Å². The Morgan fingerprint density at radius 2 is 1.70 bits per heavy atom. The Hall–Kier alpha value is -2.30. The van der Waals surface area contributed by atoms with Crippen LogP contribution < -0.4 is 15.6 Å². The summed E-state index contributed by atoms with van der Waals surface area (Å²) in [4.78, 5) is 24.5. The van der Waals surface area contributed by atoms with E-state index in [0.29, 0.717) is 12.2 Å². The van der Waals surface area contributed by atoms with Crippen LogP contribution in [0.25, 0.3) is 6.08 Å². The molecule has 4 fully saturated rings. The number of carbonyl (C=O) groups excluding carboxylic acids is 2. The predicted molar refractivity (Wildman–Crippen MR) is 104 cm³/mol. The Morgan fingerprint density at radius 1 is 1.07 bits per heavy atom. The Morgan fingerprint density at radius 3 is 2.33 bits per heavy atom. The van der Waals surface area contributed by atoms with Gasteiger partial charge in [0.2, 0.25) is 5.91 Å². The number of para-hydroxylation sites is 1. The molecule has 0 aliphatic heterocycles. The number of nitrogens with one attached hydrogen (secondary N) is 2. The third kappa shape index (κ3) is 4.02. The van der Waals surface area contributed by atoms with Gasteiger partial charge in [-0.1, -0.05) is 18.2 Å². The highest BCUT2D eigenvalue weighted by atomic mass is 16.5. The molecule has 0 spiro atoms. The molecule has 2 N–H and O–H groups in total. The Bertz CT molecular complexity index is 720. The summed E-state index contributed by atoms with van der Waals surface area (Å²) in [6.07, 6.45) is 11.3. The summed E-state index contributed by atoms with van der Waals surface area (Å²) >= 11 is 0. The van der Waals surface area contributed by atoms with Gasteiger partial charge in [0.1, 0.15) is 5.75 Å². The van der Waals surface area contributed by atoms with Crippen molar-refractivity contribution in [1.29, 1.82) is 0 Å². The van der Waals surface area contributed by atoms with Crippen LogP contribution in [0.2, 0.25) is 0 Å². The predicted octanol–water partition coefficient (Wildman–Crippen LogP) is 3.46. The van der Waals surface area contributed by atoms with Gasteiger partial charge in [0.25, 0.3) is 5.91 Å². The number of hydrazine groups is 1. The quantitative estimate of drug-likeness (QED) is 0.618. The molecule has 0 unspecified atom stereocenters. The molecule has 0 saturated heterocycles. The molecule has 4 aliphatic carbocycles. The smallest absolute Gasteiger partial charge is 0.262 e. The molecule has 4 aliphatic rings. The van der Waals surface area contributed by atoms with Crippen molar-refractivity contribution >= 4 is 17.9 Å². The molecule has 5 nitrogen and oxygen atoms in total. The van der Waals surface area contributed by atoms with Gasteiger partial charge in [-0.05, 0) is 73.8 Å². The van der Waals surface area contributed by atoms with Gasteiger partial charge in [0, 0.05) is 18.1 Å². The molecule has 1 aromatic rings. The van der Waals surface area contributed by atoms with E-state index < -0.39 is 0 Å². The summed E-state index contributed by atoms with van der Waals surface area (Å²) in [5.41, 5.74) is 6.10. The van der Waals surface area contributed by atoms with Gasteiger partial charge in [-0.25, -0.2) is 0 Å². The van der Waals surface area contributed by atoms with Crippen LogP contribution in [0.5, 0.6) is 5.75 Å². The second-order valence-electron chi connectivity index (χ2n) is 8.71. The summed E-state index contributed by atoms with van der Waals surface area (Å²) in [7, 11) is 1.59. The van der Waals surface area contributed by atoms with Gasteiger partial charge >= 0.3 is 0 Å². The van der Waals surface area contributed by atoms with Crippen LogP contribution in [0.3, 0.4) is 0 Å². The normalized spacial score (nSPS) is 31.1. The lowest BCUT2D eigenvalue weighted by atomic mass is 9.49. The van der Waals surface area contributed by atoms with Crippen molar-refractivity contribution < 1.29 is 14.3 Å². The second-order valence-corrected chi connectivity index (χ2v) is 8.71. The molecule has 27 heavy (non-hydrogen) atoms. The van der Waals surface area contributed by atoms with E-state index >= 15 is 0 Å². The zero-order valence-electron chi connectivity index (χ0n) is 15.9. The SMILES string of the molecule is COc1ccccc1C=CC(=O)NNC(=O)CC12CC3CC(CC(C3)C1)C2. The van der Waals surface area contributed by atoms with E-state index in [1.807, 2.05) is 24.3 Å². The Labute approximate surface area is 160 Å². The minimum Gasteiger partial charge on any atom is -0.496 e. The fraction of sp³-hybridized carbons (Fsp3) is 0.545. The largest absolute Gasteiger partial charge is 0.496 e. The van der Waals surface area contributed by atoms with Gasteiger partial charge in [-0.15, -0.1) is 0 Å². The van der Waals surface area contributed by atoms with Crippen LogP contribution in [0.15, 0.2) is 30.3 Å². The summed E-state index contributed by atoms with van der Waals surface area (Å²) in [5, 5.41) is 0. The molecule has 4 bridgehead atoms. The number of rotatable bonds is 5. The molecular formula is C22H28N2O3. The van der Waals surface area contributed by atoms with E-state index in [1.165, 1.54) is 44.6 Å². The topological polar surface area (TPSA) is 67.4 Å². The van der Waals surface area contributed by atoms with Crippen molar-refractivity contribution in [1.82, 2.24) is 10.9 Å². The number of amides is 2. The van der Waals surface area contributed by atoms with Gasteiger partial charge in [0.15, 0.2) is 0 Å².